The summed E-state index contributed by atoms with van der Waals surface area (Å²) in [5, 5.41) is 2.94. The van der Waals surface area contributed by atoms with Gasteiger partial charge in [-0.1, -0.05) is 0 Å². The zero-order valence-electron chi connectivity index (χ0n) is 5.52. The number of aromatic nitrogens is 1. The van der Waals surface area contributed by atoms with Gasteiger partial charge in [0.15, 0.2) is 0 Å². The first-order valence-electron chi connectivity index (χ1n) is 2.70. The molecule has 6 nitrogen and oxygen atoms in total. The van der Waals surface area contributed by atoms with Crippen molar-refractivity contribution in [1.29, 1.82) is 0 Å². The molecule has 11 heavy (non-hydrogen) atoms. The van der Waals surface area contributed by atoms with E-state index in [0.717, 1.165) is 5.01 Å². The van der Waals surface area contributed by atoms with E-state index in [2.05, 4.69) is 4.98 Å². The van der Waals surface area contributed by atoms with E-state index in [-0.39, 0.29) is 0 Å². The normalized spacial score (nSPS) is 9.27. The molecule has 1 aromatic rings. The van der Waals surface area contributed by atoms with Gasteiger partial charge in [-0.3, -0.25) is 5.43 Å². The van der Waals surface area contributed by atoms with Crippen LogP contribution in [0.2, 0.25) is 0 Å². The van der Waals surface area contributed by atoms with E-state index in [9.17, 15) is 4.79 Å². The number of anilines is 1. The van der Waals surface area contributed by atoms with Crippen molar-refractivity contribution in [3.63, 3.8) is 0 Å². The minimum atomic E-state index is -0.597. The molecule has 0 spiro atoms. The predicted molar refractivity (Wildman–Crippen MR) is 41.5 cm³/mol. The first kappa shape index (κ1) is 7.92. The lowest BCUT2D eigenvalue weighted by atomic mass is 10.9. The van der Waals surface area contributed by atoms with Crippen molar-refractivity contribution in [2.45, 2.75) is 0 Å². The highest BCUT2D eigenvalue weighted by molar-refractivity contribution is 7.13. The molecule has 0 aromatic carbocycles. The fourth-order valence-electron chi connectivity index (χ4n) is 0.491. The molecule has 1 aromatic heterocycles. The van der Waals surface area contributed by atoms with Crippen LogP contribution < -0.4 is 22.1 Å². The summed E-state index contributed by atoms with van der Waals surface area (Å²) in [7, 11) is 0. The van der Waals surface area contributed by atoms with E-state index in [4.69, 9.17) is 11.7 Å². The first-order valence-corrected chi connectivity index (χ1v) is 3.58. The van der Waals surface area contributed by atoms with Crippen molar-refractivity contribution in [1.82, 2.24) is 10.4 Å². The van der Waals surface area contributed by atoms with Gasteiger partial charge < -0.3 is 0 Å². The van der Waals surface area contributed by atoms with Crippen LogP contribution in [-0.4, -0.2) is 11.0 Å². The molecule has 0 aliphatic heterocycles. The van der Waals surface area contributed by atoms with Gasteiger partial charge in [0.25, 0.3) is 0 Å². The molecule has 0 aliphatic rings. The molecule has 2 amide bonds. The number of urea groups is 1. The third kappa shape index (κ3) is 1.64. The lowest BCUT2D eigenvalue weighted by Gasteiger charge is -2.10. The molecule has 7 heteroatoms. The van der Waals surface area contributed by atoms with Gasteiger partial charge in [0.1, 0.15) is 0 Å². The zero-order chi connectivity index (χ0) is 8.27. The Bertz CT molecular complexity index is 235. The minimum absolute atomic E-state index is 0.396. The van der Waals surface area contributed by atoms with Gasteiger partial charge in [0, 0.05) is 11.6 Å². The highest BCUT2D eigenvalue weighted by atomic mass is 32.1. The number of amides is 2. The van der Waals surface area contributed by atoms with Crippen LogP contribution in [0.5, 0.6) is 0 Å². The molecule has 0 fully saturated rings. The van der Waals surface area contributed by atoms with E-state index in [0.29, 0.717) is 5.13 Å². The summed E-state index contributed by atoms with van der Waals surface area (Å²) in [5.41, 5.74) is 1.88. The first-order chi connectivity index (χ1) is 5.25. The summed E-state index contributed by atoms with van der Waals surface area (Å²) in [6, 6.07) is -0.597. The van der Waals surface area contributed by atoms with E-state index in [1.165, 1.54) is 11.3 Å². The largest absolute Gasteiger partial charge is 0.352 e. The third-order valence-corrected chi connectivity index (χ3v) is 1.74. The molecular weight excluding hydrogens is 166 g/mol. The van der Waals surface area contributed by atoms with Crippen molar-refractivity contribution in [3.8, 4) is 0 Å². The molecule has 0 saturated heterocycles. The Balaban J connectivity index is 2.70. The maximum atomic E-state index is 10.7. The maximum Gasteiger partial charge on any atom is 0.352 e. The van der Waals surface area contributed by atoms with Gasteiger partial charge in [0.2, 0.25) is 5.13 Å². The van der Waals surface area contributed by atoms with Crippen LogP contribution in [0.4, 0.5) is 9.93 Å². The van der Waals surface area contributed by atoms with Crippen LogP contribution in [-0.2, 0) is 0 Å². The number of carbonyl (C=O) groups excluding carboxylic acids is 1. The molecule has 1 heterocycles. The molecule has 0 bridgehead atoms. The van der Waals surface area contributed by atoms with Crippen LogP contribution in [0.1, 0.15) is 0 Å². The van der Waals surface area contributed by atoms with Gasteiger partial charge in [-0.05, 0) is 0 Å². The van der Waals surface area contributed by atoms with Gasteiger partial charge in [-0.25, -0.2) is 26.5 Å². The summed E-state index contributed by atoms with van der Waals surface area (Å²) < 4.78 is 0. The number of rotatable bonds is 1. The van der Waals surface area contributed by atoms with E-state index >= 15 is 0 Å². The number of hydrazine groups is 2. The number of hydrogen-bond donors (Lipinski definition) is 3. The van der Waals surface area contributed by atoms with Crippen LogP contribution in [0.15, 0.2) is 11.6 Å². The standard InChI is InChI=1S/C4H7N5OS/c5-8-3(10)9(6)4-7-1-2-11-4/h1-2H,5-6H2,(H,8,10). The number of carbonyl (C=O) groups is 1. The minimum Gasteiger partial charge on any atom is -0.274 e. The summed E-state index contributed by atoms with van der Waals surface area (Å²) in [6.45, 7) is 0. The number of hydrogen-bond acceptors (Lipinski definition) is 5. The molecular formula is C4H7N5OS. The summed E-state index contributed by atoms with van der Waals surface area (Å²) >= 11 is 1.25. The van der Waals surface area contributed by atoms with Crippen LogP contribution >= 0.6 is 11.3 Å². The Labute approximate surface area is 66.7 Å². The summed E-state index contributed by atoms with van der Waals surface area (Å²) in [6.07, 6.45) is 1.55. The highest BCUT2D eigenvalue weighted by Crippen LogP contribution is 2.13. The number of nitrogens with two attached hydrogens (primary N) is 2. The summed E-state index contributed by atoms with van der Waals surface area (Å²) in [5.74, 6) is 10.1. The topological polar surface area (TPSA) is 97.3 Å². The Hall–Kier alpha value is -1.18. The van der Waals surface area contributed by atoms with Crippen molar-refractivity contribution in [2.75, 3.05) is 5.01 Å². The van der Waals surface area contributed by atoms with E-state index in [1.54, 1.807) is 11.6 Å². The van der Waals surface area contributed by atoms with Crippen LogP contribution in [0.25, 0.3) is 0 Å². The number of nitrogens with one attached hydrogen (secondary N) is 1. The molecule has 60 valence electrons. The number of nitrogens with zero attached hydrogens (tertiary/aromatic N) is 2. The molecule has 0 unspecified atom stereocenters. The molecule has 0 atom stereocenters. The average molecular weight is 173 g/mol. The molecule has 5 N–H and O–H groups in total. The van der Waals surface area contributed by atoms with Crippen molar-refractivity contribution in [2.24, 2.45) is 11.7 Å². The fourth-order valence-corrected chi connectivity index (χ4v) is 1.05. The van der Waals surface area contributed by atoms with Crippen molar-refractivity contribution < 1.29 is 4.79 Å². The molecule has 1 rings (SSSR count). The zero-order valence-corrected chi connectivity index (χ0v) is 6.34. The smallest absolute Gasteiger partial charge is 0.274 e. The Kier molecular flexibility index (Phi) is 2.36. The average Bonchev–Trinajstić information content (AvgIpc) is 2.53. The van der Waals surface area contributed by atoms with Gasteiger partial charge in [-0.15, -0.1) is 11.3 Å². The Morgan fingerprint density at radius 3 is 3.00 bits per heavy atom. The second-order valence-corrected chi connectivity index (χ2v) is 2.51. The van der Waals surface area contributed by atoms with Gasteiger partial charge in [0.05, 0.1) is 0 Å². The Morgan fingerprint density at radius 1 is 1.82 bits per heavy atom. The van der Waals surface area contributed by atoms with E-state index < -0.39 is 6.03 Å². The van der Waals surface area contributed by atoms with Crippen molar-refractivity contribution >= 4 is 22.5 Å². The SMILES string of the molecule is NNC(=O)N(N)c1nccs1. The second kappa shape index (κ2) is 3.28. The monoisotopic (exact) mass is 173 g/mol. The maximum absolute atomic E-state index is 10.7. The van der Waals surface area contributed by atoms with Crippen LogP contribution in [0.3, 0.4) is 0 Å². The highest BCUT2D eigenvalue weighted by Gasteiger charge is 2.10. The lowest BCUT2D eigenvalue weighted by molar-refractivity contribution is 0.246. The van der Waals surface area contributed by atoms with Crippen molar-refractivity contribution in [3.05, 3.63) is 11.6 Å². The third-order valence-electron chi connectivity index (χ3n) is 0.968. The van der Waals surface area contributed by atoms with Gasteiger partial charge >= 0.3 is 6.03 Å². The Morgan fingerprint density at radius 2 is 2.55 bits per heavy atom. The van der Waals surface area contributed by atoms with Gasteiger partial charge in [-0.2, -0.15) is 0 Å². The number of thiazole rings is 1. The quantitative estimate of drug-likeness (QED) is 0.300. The molecule has 0 saturated carbocycles. The summed E-state index contributed by atoms with van der Waals surface area (Å²) in [4.78, 5) is 14.5. The van der Waals surface area contributed by atoms with Crippen LogP contribution in [0, 0.1) is 0 Å². The second-order valence-electron chi connectivity index (χ2n) is 1.63. The van der Waals surface area contributed by atoms with E-state index in [1.807, 2.05) is 5.43 Å². The lowest BCUT2D eigenvalue weighted by Crippen LogP contribution is -2.47. The predicted octanol–water partition coefficient (Wildman–Crippen LogP) is -0.593. The fraction of sp³-hybridized carbons (Fsp3) is 0. The molecule has 0 aliphatic carbocycles. The molecule has 0 radical (unpaired) electrons.